The van der Waals surface area contributed by atoms with E-state index in [0.29, 0.717) is 25.9 Å². The lowest BCUT2D eigenvalue weighted by molar-refractivity contribution is -0.143. The zero-order chi connectivity index (χ0) is 53.6. The van der Waals surface area contributed by atoms with Gasteiger partial charge in [0.2, 0.25) is 5.91 Å². The van der Waals surface area contributed by atoms with E-state index in [-0.39, 0.29) is 18.5 Å². The third-order valence-electron chi connectivity index (χ3n) is 15.4. The second kappa shape index (κ2) is 63.6. The van der Waals surface area contributed by atoms with Gasteiger partial charge in [0.1, 0.15) is 0 Å². The molecule has 0 aliphatic rings. The molecule has 0 aromatic heterocycles. The summed E-state index contributed by atoms with van der Waals surface area (Å²) in [7, 11) is 0. The molecular formula is C68H129NO5. The van der Waals surface area contributed by atoms with Gasteiger partial charge in [-0.2, -0.15) is 0 Å². The number of hydrogen-bond donors (Lipinski definition) is 3. The quantitative estimate of drug-likeness (QED) is 0.0320. The molecule has 0 radical (unpaired) electrons. The Morgan fingerprint density at radius 2 is 0.676 bits per heavy atom. The first-order chi connectivity index (χ1) is 36.5. The first kappa shape index (κ1) is 72.1. The molecule has 2 unspecified atom stereocenters. The van der Waals surface area contributed by atoms with Crippen molar-refractivity contribution in [2.24, 2.45) is 0 Å². The fourth-order valence-electron chi connectivity index (χ4n) is 10.3. The predicted molar refractivity (Wildman–Crippen MR) is 324 cm³/mol. The molecule has 3 N–H and O–H groups in total. The van der Waals surface area contributed by atoms with Gasteiger partial charge in [-0.1, -0.05) is 301 Å². The Hall–Kier alpha value is -1.92. The van der Waals surface area contributed by atoms with E-state index in [1.165, 1.54) is 276 Å². The van der Waals surface area contributed by atoms with Crippen LogP contribution < -0.4 is 5.32 Å². The lowest BCUT2D eigenvalue weighted by Gasteiger charge is -2.22. The van der Waals surface area contributed by atoms with Crippen molar-refractivity contribution in [2.45, 2.75) is 373 Å². The average molecular weight is 1040 g/mol. The van der Waals surface area contributed by atoms with Crippen molar-refractivity contribution < 1.29 is 24.5 Å². The smallest absolute Gasteiger partial charge is 0.305 e. The van der Waals surface area contributed by atoms with Crippen molar-refractivity contribution in [3.05, 3.63) is 36.5 Å². The molecule has 0 saturated heterocycles. The summed E-state index contributed by atoms with van der Waals surface area (Å²) in [5, 5.41) is 23.4. The van der Waals surface area contributed by atoms with E-state index in [1.54, 1.807) is 0 Å². The van der Waals surface area contributed by atoms with Gasteiger partial charge in [-0.15, -0.1) is 0 Å². The van der Waals surface area contributed by atoms with Gasteiger partial charge in [-0.05, 0) is 83.5 Å². The number of carbonyl (C=O) groups excluding carboxylic acids is 2. The largest absolute Gasteiger partial charge is 0.466 e. The lowest BCUT2D eigenvalue weighted by Crippen LogP contribution is -2.45. The summed E-state index contributed by atoms with van der Waals surface area (Å²) in [6.45, 7) is 4.95. The van der Waals surface area contributed by atoms with Gasteiger partial charge in [0, 0.05) is 12.8 Å². The van der Waals surface area contributed by atoms with Crippen LogP contribution in [0.5, 0.6) is 0 Å². The summed E-state index contributed by atoms with van der Waals surface area (Å²) in [6.07, 6.45) is 80.2. The number of aliphatic hydroxyl groups excluding tert-OH is 2. The molecule has 0 saturated carbocycles. The third kappa shape index (κ3) is 59.3. The first-order valence-corrected chi connectivity index (χ1v) is 33.2. The summed E-state index contributed by atoms with van der Waals surface area (Å²) < 4.78 is 5.48. The maximum Gasteiger partial charge on any atom is 0.305 e. The van der Waals surface area contributed by atoms with Crippen LogP contribution in [0.15, 0.2) is 36.5 Å². The number of aliphatic hydroxyl groups is 2. The zero-order valence-electron chi connectivity index (χ0n) is 49.8. The molecule has 2 atom stereocenters. The van der Waals surface area contributed by atoms with Gasteiger partial charge in [-0.25, -0.2) is 0 Å². The van der Waals surface area contributed by atoms with Crippen LogP contribution in [0.2, 0.25) is 0 Å². The Morgan fingerprint density at radius 1 is 0.378 bits per heavy atom. The molecule has 0 bridgehead atoms. The van der Waals surface area contributed by atoms with Crippen LogP contribution >= 0.6 is 0 Å². The van der Waals surface area contributed by atoms with Crippen LogP contribution in [0.4, 0.5) is 0 Å². The molecule has 6 heteroatoms. The van der Waals surface area contributed by atoms with E-state index in [4.69, 9.17) is 4.74 Å². The summed E-state index contributed by atoms with van der Waals surface area (Å²) in [4.78, 5) is 24.6. The molecule has 0 spiro atoms. The number of esters is 1. The number of carbonyl (C=O) groups is 2. The number of allylic oxidation sites excluding steroid dienone is 6. The second-order valence-corrected chi connectivity index (χ2v) is 22.8. The lowest BCUT2D eigenvalue weighted by atomic mass is 10.0. The van der Waals surface area contributed by atoms with E-state index >= 15 is 0 Å². The number of ether oxygens (including phenoxy) is 1. The summed E-state index contributed by atoms with van der Waals surface area (Å²) >= 11 is 0. The molecule has 0 heterocycles. The molecule has 0 aromatic carbocycles. The molecule has 0 aliphatic heterocycles. The number of rotatable bonds is 62. The average Bonchev–Trinajstić information content (AvgIpc) is 3.40. The van der Waals surface area contributed by atoms with E-state index in [9.17, 15) is 19.8 Å². The minimum atomic E-state index is -0.672. The standard InChI is InChI=1S/C68H129NO5/c1-3-5-7-9-11-13-15-17-19-21-22-23-26-29-32-36-40-44-48-52-56-60-66(71)65(64-70)69-67(72)61-57-53-49-45-41-37-33-30-27-24-25-28-31-35-39-43-47-51-55-59-63-74-68(73)62-58-54-50-46-42-38-34-20-18-16-14-12-10-8-6-4-2/h14,16,20,24,27,34,65-66,70-71H,3-13,15,17-19,21-23,25-26,28-33,35-64H2,1-2H3,(H,69,72)/b16-14-,27-24-,34-20-. The minimum Gasteiger partial charge on any atom is -0.466 e. The maximum absolute atomic E-state index is 12.5. The number of nitrogens with one attached hydrogen (secondary N) is 1. The highest BCUT2D eigenvalue weighted by molar-refractivity contribution is 5.76. The van der Waals surface area contributed by atoms with Gasteiger partial charge in [0.15, 0.2) is 0 Å². The van der Waals surface area contributed by atoms with Crippen LogP contribution in [0.1, 0.15) is 361 Å². The Kier molecular flexibility index (Phi) is 62.0. The van der Waals surface area contributed by atoms with Crippen LogP contribution in [0.25, 0.3) is 0 Å². The van der Waals surface area contributed by atoms with E-state index in [0.717, 1.165) is 51.4 Å². The van der Waals surface area contributed by atoms with E-state index < -0.39 is 12.1 Å². The van der Waals surface area contributed by atoms with Crippen LogP contribution in [0, 0.1) is 0 Å². The Balaban J connectivity index is 3.44. The molecule has 436 valence electrons. The predicted octanol–water partition coefficient (Wildman–Crippen LogP) is 21.1. The van der Waals surface area contributed by atoms with Crippen molar-refractivity contribution in [3.63, 3.8) is 0 Å². The van der Waals surface area contributed by atoms with Crippen molar-refractivity contribution in [2.75, 3.05) is 13.2 Å². The Labute approximate surface area is 462 Å². The van der Waals surface area contributed by atoms with Gasteiger partial charge >= 0.3 is 5.97 Å². The Bertz CT molecular complexity index is 1200. The number of amides is 1. The molecule has 0 aromatic rings. The normalized spacial score (nSPS) is 12.8. The minimum absolute atomic E-state index is 0.00671. The number of unbranched alkanes of at least 4 members (excludes halogenated alkanes) is 45. The number of hydrogen-bond acceptors (Lipinski definition) is 5. The molecule has 0 aliphatic carbocycles. The van der Waals surface area contributed by atoms with Gasteiger partial charge < -0.3 is 20.3 Å². The van der Waals surface area contributed by atoms with E-state index in [2.05, 4.69) is 55.6 Å². The van der Waals surface area contributed by atoms with Crippen molar-refractivity contribution in [3.8, 4) is 0 Å². The van der Waals surface area contributed by atoms with Crippen molar-refractivity contribution >= 4 is 11.9 Å². The monoisotopic (exact) mass is 1040 g/mol. The topological polar surface area (TPSA) is 95.9 Å². The summed E-state index contributed by atoms with van der Waals surface area (Å²) in [5.74, 6) is -0.0474. The van der Waals surface area contributed by atoms with Crippen LogP contribution in [0.3, 0.4) is 0 Å². The van der Waals surface area contributed by atoms with Gasteiger partial charge in [0.05, 0.1) is 25.4 Å². The van der Waals surface area contributed by atoms with Crippen LogP contribution in [-0.2, 0) is 14.3 Å². The SMILES string of the molecule is CCCCCC/C=C\C/C=C\CCCCCCCC(=O)OCCCCCCCCCCC/C=C\CCCCCCCCCC(=O)NC(CO)C(O)CCCCCCCCCCCCCCCCCCCCCCC. The second-order valence-electron chi connectivity index (χ2n) is 22.8. The molecular weight excluding hydrogens is 911 g/mol. The highest BCUT2D eigenvalue weighted by Gasteiger charge is 2.20. The van der Waals surface area contributed by atoms with Gasteiger partial charge in [-0.3, -0.25) is 9.59 Å². The Morgan fingerprint density at radius 3 is 1.05 bits per heavy atom. The third-order valence-corrected chi connectivity index (χ3v) is 15.4. The van der Waals surface area contributed by atoms with Crippen molar-refractivity contribution in [1.82, 2.24) is 5.32 Å². The molecule has 6 nitrogen and oxygen atoms in total. The summed E-state index contributed by atoms with van der Waals surface area (Å²) in [6, 6.07) is -0.550. The highest BCUT2D eigenvalue weighted by Crippen LogP contribution is 2.18. The molecule has 0 rings (SSSR count). The van der Waals surface area contributed by atoms with Gasteiger partial charge in [0.25, 0.3) is 0 Å². The fourth-order valence-corrected chi connectivity index (χ4v) is 10.3. The zero-order valence-corrected chi connectivity index (χ0v) is 49.8. The molecule has 1 amide bonds. The van der Waals surface area contributed by atoms with E-state index in [1.807, 2.05) is 0 Å². The molecule has 0 fully saturated rings. The molecule has 74 heavy (non-hydrogen) atoms. The maximum atomic E-state index is 12.5. The van der Waals surface area contributed by atoms with Crippen LogP contribution in [-0.4, -0.2) is 47.4 Å². The summed E-state index contributed by atoms with van der Waals surface area (Å²) in [5.41, 5.74) is 0. The fraction of sp³-hybridized carbons (Fsp3) is 0.882. The highest BCUT2D eigenvalue weighted by atomic mass is 16.5. The first-order valence-electron chi connectivity index (χ1n) is 33.2. The van der Waals surface area contributed by atoms with Crippen molar-refractivity contribution in [1.29, 1.82) is 0 Å².